The highest BCUT2D eigenvalue weighted by atomic mass is 16.1. The van der Waals surface area contributed by atoms with Crippen molar-refractivity contribution >= 4 is 6.29 Å². The Morgan fingerprint density at radius 2 is 1.59 bits per heavy atom. The lowest BCUT2D eigenvalue weighted by Crippen LogP contribution is -1.93. The van der Waals surface area contributed by atoms with Crippen LogP contribution in [0.1, 0.15) is 28.1 Å². The van der Waals surface area contributed by atoms with Crippen LogP contribution in [0, 0.1) is 13.8 Å². The van der Waals surface area contributed by atoms with Gasteiger partial charge in [-0.05, 0) is 43.5 Å². The average molecular weight is 224 g/mol. The van der Waals surface area contributed by atoms with Crippen molar-refractivity contribution in [1.29, 1.82) is 0 Å². The van der Waals surface area contributed by atoms with Crippen LogP contribution in [0.5, 0.6) is 0 Å². The number of rotatable bonds is 3. The van der Waals surface area contributed by atoms with Crippen LogP contribution in [0.25, 0.3) is 0 Å². The monoisotopic (exact) mass is 224 g/mol. The van der Waals surface area contributed by atoms with Crippen LogP contribution in [0.4, 0.5) is 0 Å². The number of aromatic nitrogens is 1. The van der Waals surface area contributed by atoms with Gasteiger partial charge in [-0.25, -0.2) is 0 Å². The molecular weight excluding hydrogens is 210 g/mol. The molecule has 1 aromatic heterocycles. The summed E-state index contributed by atoms with van der Waals surface area (Å²) in [6.07, 6.45) is 2.74. The molecule has 0 saturated carbocycles. The fourth-order valence-electron chi connectivity index (χ4n) is 1.95. The van der Waals surface area contributed by atoms with Crippen LogP contribution >= 0.6 is 0 Å². The van der Waals surface area contributed by atoms with Crippen LogP contribution in [-0.4, -0.2) is 11.3 Å². The molecule has 1 aromatic carbocycles. The van der Waals surface area contributed by atoms with E-state index in [1.807, 2.05) is 32.3 Å². The Morgan fingerprint density at radius 3 is 2.12 bits per heavy atom. The summed E-state index contributed by atoms with van der Waals surface area (Å²) in [5.74, 6) is 0. The molecular formula is C15H14NO. The highest BCUT2D eigenvalue weighted by molar-refractivity contribution is 5.75. The predicted octanol–water partition coefficient (Wildman–Crippen LogP) is 2.75. The second-order valence-corrected chi connectivity index (χ2v) is 4.23. The first kappa shape index (κ1) is 11.5. The van der Waals surface area contributed by atoms with E-state index < -0.39 is 0 Å². The third-order valence-electron chi connectivity index (χ3n) is 2.62. The summed E-state index contributed by atoms with van der Waals surface area (Å²) < 4.78 is 0. The van der Waals surface area contributed by atoms with Crippen LogP contribution in [-0.2, 0) is 11.2 Å². The SMILES string of the molecule is Cc1cc(Cc2ccc([C]=O)cc2)cc(C)n1. The maximum Gasteiger partial charge on any atom is 0.233 e. The molecule has 0 fully saturated rings. The van der Waals surface area contributed by atoms with E-state index in [4.69, 9.17) is 0 Å². The second-order valence-electron chi connectivity index (χ2n) is 4.23. The van der Waals surface area contributed by atoms with Gasteiger partial charge in [-0.1, -0.05) is 24.3 Å². The van der Waals surface area contributed by atoms with Crippen LogP contribution in [0.3, 0.4) is 0 Å². The largest absolute Gasteiger partial charge is 0.285 e. The fraction of sp³-hybridized carbons (Fsp3) is 0.200. The van der Waals surface area contributed by atoms with Crippen LogP contribution in [0.15, 0.2) is 36.4 Å². The van der Waals surface area contributed by atoms with Gasteiger partial charge >= 0.3 is 0 Å². The zero-order valence-electron chi connectivity index (χ0n) is 10.0. The topological polar surface area (TPSA) is 30.0 Å². The molecule has 0 aliphatic rings. The maximum atomic E-state index is 10.4. The van der Waals surface area contributed by atoms with E-state index in [9.17, 15) is 4.79 Å². The highest BCUT2D eigenvalue weighted by Gasteiger charge is 2.00. The van der Waals surface area contributed by atoms with E-state index in [2.05, 4.69) is 17.1 Å². The number of benzene rings is 1. The molecule has 0 unspecified atom stereocenters. The van der Waals surface area contributed by atoms with Gasteiger partial charge in [-0.3, -0.25) is 9.78 Å². The summed E-state index contributed by atoms with van der Waals surface area (Å²) in [7, 11) is 0. The molecule has 2 aromatic rings. The molecule has 1 radical (unpaired) electrons. The predicted molar refractivity (Wildman–Crippen MR) is 67.8 cm³/mol. The number of nitrogens with zero attached hydrogens (tertiary/aromatic N) is 1. The minimum atomic E-state index is 0.593. The average Bonchev–Trinajstić information content (AvgIpc) is 2.28. The molecule has 2 heteroatoms. The van der Waals surface area contributed by atoms with Gasteiger partial charge in [0.15, 0.2) is 0 Å². The normalized spacial score (nSPS) is 10.2. The molecule has 2 rings (SSSR count). The van der Waals surface area contributed by atoms with Gasteiger partial charge in [0.1, 0.15) is 0 Å². The van der Waals surface area contributed by atoms with Crippen molar-refractivity contribution in [1.82, 2.24) is 4.98 Å². The lowest BCUT2D eigenvalue weighted by Gasteiger charge is -2.04. The van der Waals surface area contributed by atoms with E-state index in [1.54, 1.807) is 12.1 Å². The summed E-state index contributed by atoms with van der Waals surface area (Å²) in [5, 5.41) is 0. The Labute approximate surface area is 101 Å². The molecule has 0 amide bonds. The second kappa shape index (κ2) is 4.91. The van der Waals surface area contributed by atoms with Crippen molar-refractivity contribution in [3.63, 3.8) is 0 Å². The van der Waals surface area contributed by atoms with Crippen molar-refractivity contribution in [3.8, 4) is 0 Å². The smallest absolute Gasteiger partial charge is 0.233 e. The van der Waals surface area contributed by atoms with E-state index in [-0.39, 0.29) is 0 Å². The summed E-state index contributed by atoms with van der Waals surface area (Å²) in [4.78, 5) is 14.8. The molecule has 0 N–H and O–H groups in total. The first-order valence-corrected chi connectivity index (χ1v) is 5.58. The Bertz CT molecular complexity index is 509. The Kier molecular flexibility index (Phi) is 3.33. The van der Waals surface area contributed by atoms with Gasteiger partial charge in [0, 0.05) is 17.0 Å². The fourth-order valence-corrected chi connectivity index (χ4v) is 1.95. The molecule has 0 atom stereocenters. The molecule has 0 saturated heterocycles. The highest BCUT2D eigenvalue weighted by Crippen LogP contribution is 2.12. The standard InChI is InChI=1S/C15H14NO/c1-11-7-15(8-12(2)16-11)9-13-3-5-14(10-17)6-4-13/h3-8H,9H2,1-2H3. The molecule has 17 heavy (non-hydrogen) atoms. The zero-order chi connectivity index (χ0) is 12.3. The van der Waals surface area contributed by atoms with Gasteiger partial charge < -0.3 is 0 Å². The molecule has 0 bridgehead atoms. The molecule has 0 spiro atoms. The third kappa shape index (κ3) is 3.00. The molecule has 85 valence electrons. The summed E-state index contributed by atoms with van der Waals surface area (Å²) >= 11 is 0. The Morgan fingerprint density at radius 1 is 1.00 bits per heavy atom. The lowest BCUT2D eigenvalue weighted by molar-refractivity contribution is 0.563. The van der Waals surface area contributed by atoms with Gasteiger partial charge in [0.2, 0.25) is 6.29 Å². The van der Waals surface area contributed by atoms with Crippen LogP contribution < -0.4 is 0 Å². The Balaban J connectivity index is 2.21. The summed E-state index contributed by atoms with van der Waals surface area (Å²) in [5.41, 5.74) is 5.11. The Hall–Kier alpha value is -1.96. The van der Waals surface area contributed by atoms with Crippen molar-refractivity contribution in [2.24, 2.45) is 0 Å². The van der Waals surface area contributed by atoms with Gasteiger partial charge in [-0.15, -0.1) is 0 Å². The van der Waals surface area contributed by atoms with Crippen LogP contribution in [0.2, 0.25) is 0 Å². The minimum absolute atomic E-state index is 0.593. The van der Waals surface area contributed by atoms with E-state index in [0.717, 1.165) is 17.8 Å². The molecule has 2 nitrogen and oxygen atoms in total. The molecule has 0 aliphatic heterocycles. The first-order valence-electron chi connectivity index (χ1n) is 5.58. The van der Waals surface area contributed by atoms with Gasteiger partial charge in [-0.2, -0.15) is 0 Å². The van der Waals surface area contributed by atoms with E-state index in [1.165, 1.54) is 11.1 Å². The van der Waals surface area contributed by atoms with Crippen molar-refractivity contribution < 1.29 is 4.79 Å². The summed E-state index contributed by atoms with van der Waals surface area (Å²) in [6, 6.07) is 11.7. The van der Waals surface area contributed by atoms with E-state index >= 15 is 0 Å². The quantitative estimate of drug-likeness (QED) is 0.802. The summed E-state index contributed by atoms with van der Waals surface area (Å²) in [6.45, 7) is 4.00. The van der Waals surface area contributed by atoms with E-state index in [0.29, 0.717) is 5.56 Å². The number of pyridine rings is 1. The lowest BCUT2D eigenvalue weighted by atomic mass is 10.0. The maximum absolute atomic E-state index is 10.4. The molecule has 1 heterocycles. The first-order chi connectivity index (χ1) is 8.17. The minimum Gasteiger partial charge on any atom is -0.285 e. The number of aryl methyl sites for hydroxylation is 2. The number of hydrogen-bond acceptors (Lipinski definition) is 2. The zero-order valence-corrected chi connectivity index (χ0v) is 10.0. The van der Waals surface area contributed by atoms with Crippen molar-refractivity contribution in [2.45, 2.75) is 20.3 Å². The molecule has 0 aliphatic carbocycles. The van der Waals surface area contributed by atoms with Gasteiger partial charge in [0.05, 0.1) is 0 Å². The van der Waals surface area contributed by atoms with Crippen molar-refractivity contribution in [2.75, 3.05) is 0 Å². The van der Waals surface area contributed by atoms with Gasteiger partial charge in [0.25, 0.3) is 0 Å². The number of carbonyl (C=O) groups excluding carboxylic acids is 1. The van der Waals surface area contributed by atoms with Crippen molar-refractivity contribution in [3.05, 3.63) is 64.5 Å². The number of hydrogen-bond donors (Lipinski definition) is 0. The third-order valence-corrected chi connectivity index (χ3v) is 2.62.